The molecule has 0 fully saturated rings. The van der Waals surface area contributed by atoms with Crippen LogP contribution in [0, 0.1) is 6.92 Å². The third kappa shape index (κ3) is 4.21. The highest BCUT2D eigenvalue weighted by molar-refractivity contribution is 7.99. The van der Waals surface area contributed by atoms with E-state index >= 15 is 0 Å². The second-order valence-corrected chi connectivity index (χ2v) is 8.81. The van der Waals surface area contributed by atoms with Gasteiger partial charge in [0.05, 0.1) is 19.9 Å². The Labute approximate surface area is 194 Å². The van der Waals surface area contributed by atoms with E-state index in [1.807, 2.05) is 18.2 Å². The topological polar surface area (TPSA) is 47.7 Å². The molecule has 1 heterocycles. The van der Waals surface area contributed by atoms with Crippen LogP contribution in [-0.4, -0.2) is 27.8 Å². The number of benzene rings is 3. The summed E-state index contributed by atoms with van der Waals surface area (Å²) in [6.45, 7) is 3.01. The van der Waals surface area contributed by atoms with Crippen molar-refractivity contribution in [2.45, 2.75) is 16.7 Å². The first kappa shape index (κ1) is 21.9. The third-order valence-electron chi connectivity index (χ3n) is 5.59. The van der Waals surface area contributed by atoms with E-state index < -0.39 is 0 Å². The van der Waals surface area contributed by atoms with Crippen LogP contribution in [0.5, 0.6) is 11.5 Å². The number of hydrogen-bond donors (Lipinski definition) is 1. The van der Waals surface area contributed by atoms with Crippen molar-refractivity contribution in [2.24, 2.45) is 5.73 Å². The highest BCUT2D eigenvalue weighted by Gasteiger charge is 2.18. The van der Waals surface area contributed by atoms with E-state index in [1.165, 1.54) is 21.7 Å². The fraction of sp³-hybridized carbons (Fsp3) is 0.185. The highest BCUT2D eigenvalue weighted by atomic mass is 32.2. The maximum absolute atomic E-state index is 6.18. The number of fused-ring (bicyclic) bond motifs is 1. The molecular weight excluding hydrogens is 416 g/mol. The Morgan fingerprint density at radius 3 is 2.56 bits per heavy atom. The van der Waals surface area contributed by atoms with Gasteiger partial charge in [0.25, 0.3) is 0 Å². The molecule has 0 saturated carbocycles. The molecule has 0 aliphatic carbocycles. The molecule has 0 amide bonds. The first-order valence-electron chi connectivity index (χ1n) is 10.5. The lowest BCUT2D eigenvalue weighted by Gasteiger charge is -2.26. The average Bonchev–Trinajstić information content (AvgIpc) is 2.81. The summed E-state index contributed by atoms with van der Waals surface area (Å²) < 4.78 is 10.9. The molecule has 32 heavy (non-hydrogen) atoms. The number of likely N-dealkylation sites (N-methyl/N-ethyl adjacent to an activating group) is 1. The van der Waals surface area contributed by atoms with Crippen LogP contribution in [0.3, 0.4) is 0 Å². The minimum atomic E-state index is 0.678. The number of hydrogen-bond acceptors (Lipinski definition) is 5. The summed E-state index contributed by atoms with van der Waals surface area (Å²) >= 11 is 1.77. The van der Waals surface area contributed by atoms with Crippen molar-refractivity contribution >= 4 is 29.1 Å². The molecule has 0 saturated heterocycles. The first-order valence-corrected chi connectivity index (χ1v) is 11.3. The summed E-state index contributed by atoms with van der Waals surface area (Å²) in [5, 5.41) is 0. The molecule has 0 bridgehead atoms. The molecule has 0 radical (unpaired) electrons. The molecule has 1 aliphatic rings. The Hall–Kier alpha value is -3.31. The van der Waals surface area contributed by atoms with Crippen LogP contribution in [0.25, 0.3) is 11.6 Å². The van der Waals surface area contributed by atoms with Gasteiger partial charge in [0, 0.05) is 35.2 Å². The highest BCUT2D eigenvalue weighted by Crippen LogP contribution is 2.43. The monoisotopic (exact) mass is 444 g/mol. The van der Waals surface area contributed by atoms with Gasteiger partial charge >= 0.3 is 0 Å². The lowest BCUT2D eigenvalue weighted by molar-refractivity contribution is 0.355. The standard InChI is InChI=1S/C27H28N2O2S/c1-18-10-13-25(32-26-9-5-7-19-8-6-14-29(2)27(19)26)21(15-18)22(17-28)20-11-12-23(30-3)24(16-20)31-4/h5-13,15-17H,14,28H2,1-4H3/b22-17-. The molecule has 2 N–H and O–H groups in total. The smallest absolute Gasteiger partial charge is 0.161 e. The summed E-state index contributed by atoms with van der Waals surface area (Å²) in [6, 6.07) is 18.9. The molecule has 4 rings (SSSR count). The van der Waals surface area contributed by atoms with E-state index in [1.54, 1.807) is 32.2 Å². The molecule has 0 aromatic heterocycles. The van der Waals surface area contributed by atoms with Gasteiger partial charge < -0.3 is 20.1 Å². The van der Waals surface area contributed by atoms with Gasteiger partial charge in [-0.05, 0) is 47.9 Å². The Kier molecular flexibility index (Phi) is 6.47. The quantitative estimate of drug-likeness (QED) is 0.507. The normalized spacial score (nSPS) is 13.1. The number of methoxy groups -OCH3 is 2. The van der Waals surface area contributed by atoms with E-state index in [-0.39, 0.29) is 0 Å². The van der Waals surface area contributed by atoms with Crippen molar-refractivity contribution in [1.82, 2.24) is 0 Å². The number of para-hydroxylation sites is 1. The van der Waals surface area contributed by atoms with Crippen LogP contribution < -0.4 is 20.1 Å². The summed E-state index contributed by atoms with van der Waals surface area (Å²) in [4.78, 5) is 4.67. The Morgan fingerprint density at radius 2 is 1.81 bits per heavy atom. The molecule has 0 atom stereocenters. The Balaban J connectivity index is 1.79. The fourth-order valence-corrected chi connectivity index (χ4v) is 5.17. The van der Waals surface area contributed by atoms with Gasteiger partial charge in [0.2, 0.25) is 0 Å². The number of rotatable bonds is 6. The number of ether oxygens (including phenoxy) is 2. The number of aryl methyl sites for hydroxylation is 1. The molecule has 164 valence electrons. The third-order valence-corrected chi connectivity index (χ3v) is 6.72. The molecular formula is C27H28N2O2S. The van der Waals surface area contributed by atoms with Crippen molar-refractivity contribution in [1.29, 1.82) is 0 Å². The van der Waals surface area contributed by atoms with Gasteiger partial charge in [-0.25, -0.2) is 0 Å². The van der Waals surface area contributed by atoms with Gasteiger partial charge in [-0.1, -0.05) is 59.8 Å². The van der Waals surface area contributed by atoms with Gasteiger partial charge in [-0.3, -0.25) is 0 Å². The summed E-state index contributed by atoms with van der Waals surface area (Å²) in [5.74, 6) is 1.37. The molecule has 5 heteroatoms. The zero-order chi connectivity index (χ0) is 22.7. The van der Waals surface area contributed by atoms with Crippen LogP contribution in [0.4, 0.5) is 5.69 Å². The van der Waals surface area contributed by atoms with Gasteiger partial charge in [-0.15, -0.1) is 0 Å². The van der Waals surface area contributed by atoms with Crippen LogP contribution in [-0.2, 0) is 0 Å². The maximum Gasteiger partial charge on any atom is 0.161 e. The van der Waals surface area contributed by atoms with Crippen molar-refractivity contribution < 1.29 is 9.47 Å². The number of anilines is 1. The van der Waals surface area contributed by atoms with E-state index in [9.17, 15) is 0 Å². The molecule has 0 spiro atoms. The SMILES string of the molecule is COc1ccc(/C(=C/N)c2cc(C)ccc2Sc2cccc3c2N(C)CC=C3)cc1OC. The Morgan fingerprint density at radius 1 is 1.00 bits per heavy atom. The van der Waals surface area contributed by atoms with E-state index in [0.29, 0.717) is 11.5 Å². The zero-order valence-electron chi connectivity index (χ0n) is 18.9. The van der Waals surface area contributed by atoms with Crippen LogP contribution in [0.15, 0.2) is 76.7 Å². The number of nitrogens with two attached hydrogens (primary N) is 1. The summed E-state index contributed by atoms with van der Waals surface area (Å²) in [6.07, 6.45) is 6.07. The molecule has 4 nitrogen and oxygen atoms in total. The van der Waals surface area contributed by atoms with Gasteiger partial charge in [-0.2, -0.15) is 0 Å². The van der Waals surface area contributed by atoms with Crippen LogP contribution in [0.1, 0.15) is 22.3 Å². The molecule has 3 aromatic carbocycles. The Bertz CT molecular complexity index is 1200. The van der Waals surface area contributed by atoms with E-state index in [2.05, 4.69) is 67.4 Å². The van der Waals surface area contributed by atoms with Crippen molar-refractivity contribution in [3.8, 4) is 11.5 Å². The van der Waals surface area contributed by atoms with Crippen LogP contribution in [0.2, 0.25) is 0 Å². The summed E-state index contributed by atoms with van der Waals surface area (Å²) in [7, 11) is 5.42. The van der Waals surface area contributed by atoms with Crippen molar-refractivity contribution in [3.05, 3.63) is 89.1 Å². The molecule has 1 aliphatic heterocycles. The maximum atomic E-state index is 6.18. The molecule has 0 unspecified atom stereocenters. The molecule has 3 aromatic rings. The fourth-order valence-electron chi connectivity index (χ4n) is 4.00. The van der Waals surface area contributed by atoms with E-state index in [0.717, 1.165) is 28.1 Å². The largest absolute Gasteiger partial charge is 0.493 e. The predicted octanol–water partition coefficient (Wildman–Crippen LogP) is 5.97. The lowest BCUT2D eigenvalue weighted by atomic mass is 9.97. The van der Waals surface area contributed by atoms with E-state index in [4.69, 9.17) is 15.2 Å². The summed E-state index contributed by atoms with van der Waals surface area (Å²) in [5.41, 5.74) is 12.9. The number of nitrogens with zero attached hydrogens (tertiary/aromatic N) is 1. The minimum Gasteiger partial charge on any atom is -0.493 e. The average molecular weight is 445 g/mol. The van der Waals surface area contributed by atoms with Crippen LogP contribution >= 0.6 is 11.8 Å². The van der Waals surface area contributed by atoms with Gasteiger partial charge in [0.15, 0.2) is 11.5 Å². The van der Waals surface area contributed by atoms with Crippen molar-refractivity contribution in [3.63, 3.8) is 0 Å². The lowest BCUT2D eigenvalue weighted by Crippen LogP contribution is -2.20. The van der Waals surface area contributed by atoms with Gasteiger partial charge in [0.1, 0.15) is 0 Å². The van der Waals surface area contributed by atoms with Crippen molar-refractivity contribution in [2.75, 3.05) is 32.7 Å². The second kappa shape index (κ2) is 9.45. The minimum absolute atomic E-state index is 0.678. The first-order chi connectivity index (χ1) is 15.5. The predicted molar refractivity (Wildman–Crippen MR) is 135 cm³/mol. The zero-order valence-corrected chi connectivity index (χ0v) is 19.7. The second-order valence-electron chi connectivity index (χ2n) is 7.73.